The Hall–Kier alpha value is -1.62. The highest BCUT2D eigenvalue weighted by molar-refractivity contribution is 5.75. The van der Waals surface area contributed by atoms with E-state index < -0.39 is 0 Å². The number of hydrogen-bond acceptors (Lipinski definition) is 3. The summed E-state index contributed by atoms with van der Waals surface area (Å²) in [4.78, 5) is 12.9. The van der Waals surface area contributed by atoms with Crippen LogP contribution in [0.25, 0.3) is 0 Å². The molecule has 0 radical (unpaired) electrons. The van der Waals surface area contributed by atoms with Crippen LogP contribution < -0.4 is 10.5 Å². The van der Waals surface area contributed by atoms with Gasteiger partial charge in [-0.05, 0) is 31.0 Å². The summed E-state index contributed by atoms with van der Waals surface area (Å²) in [5.74, 6) is -0.0885. The molecule has 0 heterocycles. The van der Waals surface area contributed by atoms with Crippen molar-refractivity contribution < 1.29 is 13.9 Å². The maximum Gasteiger partial charge on any atom is 0.222 e. The third-order valence-electron chi connectivity index (χ3n) is 2.74. The number of nitrogens with zero attached hydrogens (tertiary/aromatic N) is 1. The molecule has 4 nitrogen and oxygen atoms in total. The third-order valence-corrected chi connectivity index (χ3v) is 2.74. The van der Waals surface area contributed by atoms with Crippen LogP contribution in [0.3, 0.4) is 0 Å². The molecule has 106 valence electrons. The number of benzene rings is 1. The zero-order chi connectivity index (χ0) is 14.3. The number of carbonyl (C=O) groups excluding carboxylic acids is 1. The molecule has 1 amide bonds. The highest BCUT2D eigenvalue weighted by Crippen LogP contribution is 2.23. The van der Waals surface area contributed by atoms with Gasteiger partial charge in [0.25, 0.3) is 0 Å². The first-order valence-corrected chi connectivity index (χ1v) is 6.36. The van der Waals surface area contributed by atoms with E-state index >= 15 is 0 Å². The molecule has 0 saturated heterocycles. The lowest BCUT2D eigenvalue weighted by atomic mass is 10.1. The number of halogens is 1. The number of carbonyl (C=O) groups is 1. The van der Waals surface area contributed by atoms with Crippen molar-refractivity contribution in [1.29, 1.82) is 0 Å². The smallest absolute Gasteiger partial charge is 0.222 e. The van der Waals surface area contributed by atoms with Crippen LogP contribution in [0.2, 0.25) is 0 Å². The van der Waals surface area contributed by atoms with Crippen molar-refractivity contribution in [2.24, 2.45) is 5.73 Å². The maximum absolute atomic E-state index is 13.6. The molecule has 0 fully saturated rings. The molecule has 0 aromatic heterocycles. The van der Waals surface area contributed by atoms with Gasteiger partial charge in [-0.1, -0.05) is 12.1 Å². The first kappa shape index (κ1) is 15.4. The molecule has 0 spiro atoms. The zero-order valence-electron chi connectivity index (χ0n) is 11.5. The van der Waals surface area contributed by atoms with Crippen LogP contribution in [0.15, 0.2) is 18.2 Å². The Morgan fingerprint density at radius 1 is 1.42 bits per heavy atom. The average Bonchev–Trinajstić information content (AvgIpc) is 2.37. The Balaban J connectivity index is 2.51. The second-order valence-corrected chi connectivity index (χ2v) is 4.51. The van der Waals surface area contributed by atoms with Gasteiger partial charge >= 0.3 is 0 Å². The van der Waals surface area contributed by atoms with E-state index in [1.165, 1.54) is 11.0 Å². The molecule has 0 bridgehead atoms. The van der Waals surface area contributed by atoms with Gasteiger partial charge in [-0.3, -0.25) is 4.79 Å². The summed E-state index contributed by atoms with van der Waals surface area (Å²) < 4.78 is 19.1. The molecule has 1 aromatic carbocycles. The van der Waals surface area contributed by atoms with Gasteiger partial charge in [0.1, 0.15) is 0 Å². The molecule has 1 rings (SSSR count). The first-order valence-electron chi connectivity index (χ1n) is 6.36. The molecular formula is C14H21FN2O2. The highest BCUT2D eigenvalue weighted by atomic mass is 19.1. The molecule has 0 unspecified atom stereocenters. The second-order valence-electron chi connectivity index (χ2n) is 4.51. The lowest BCUT2D eigenvalue weighted by Gasteiger charge is -2.13. The van der Waals surface area contributed by atoms with Gasteiger partial charge in [0, 0.05) is 20.5 Å². The van der Waals surface area contributed by atoms with Gasteiger partial charge in [-0.2, -0.15) is 0 Å². The summed E-state index contributed by atoms with van der Waals surface area (Å²) in [6, 6.07) is 4.80. The average molecular weight is 268 g/mol. The van der Waals surface area contributed by atoms with E-state index in [4.69, 9.17) is 10.5 Å². The Morgan fingerprint density at radius 2 is 2.16 bits per heavy atom. The molecular weight excluding hydrogens is 247 g/mol. The minimum absolute atomic E-state index is 0.0410. The first-order chi connectivity index (χ1) is 9.06. The molecule has 5 heteroatoms. The van der Waals surface area contributed by atoms with Gasteiger partial charge in [-0.25, -0.2) is 4.39 Å². The van der Waals surface area contributed by atoms with E-state index in [0.717, 1.165) is 5.56 Å². The van der Waals surface area contributed by atoms with Crippen LogP contribution in [0, 0.1) is 5.82 Å². The Labute approximate surface area is 113 Å². The number of para-hydroxylation sites is 1. The monoisotopic (exact) mass is 268 g/mol. The Kier molecular flexibility index (Phi) is 6.29. The predicted octanol–water partition coefficient (Wildman–Crippen LogP) is 1.57. The number of amides is 1. The van der Waals surface area contributed by atoms with Gasteiger partial charge in [-0.15, -0.1) is 0 Å². The third kappa shape index (κ3) is 4.87. The fourth-order valence-corrected chi connectivity index (χ4v) is 1.69. The summed E-state index contributed by atoms with van der Waals surface area (Å²) in [7, 11) is 3.42. The van der Waals surface area contributed by atoms with Crippen molar-refractivity contribution in [2.75, 3.05) is 27.2 Å². The predicted molar refractivity (Wildman–Crippen MR) is 72.6 cm³/mol. The van der Waals surface area contributed by atoms with Gasteiger partial charge in [0.05, 0.1) is 6.61 Å². The van der Waals surface area contributed by atoms with Crippen LogP contribution >= 0.6 is 0 Å². The van der Waals surface area contributed by atoms with Crippen LogP contribution in [-0.4, -0.2) is 38.1 Å². The van der Waals surface area contributed by atoms with Gasteiger partial charge in [0.2, 0.25) is 5.91 Å². The number of hydrogen-bond donors (Lipinski definition) is 1. The van der Waals surface area contributed by atoms with Crippen molar-refractivity contribution in [3.8, 4) is 5.75 Å². The van der Waals surface area contributed by atoms with Crippen molar-refractivity contribution >= 4 is 5.91 Å². The van der Waals surface area contributed by atoms with Gasteiger partial charge < -0.3 is 15.4 Å². The van der Waals surface area contributed by atoms with Gasteiger partial charge in [0.15, 0.2) is 11.6 Å². The minimum Gasteiger partial charge on any atom is -0.490 e. The molecule has 19 heavy (non-hydrogen) atoms. The summed E-state index contributed by atoms with van der Waals surface area (Å²) in [6.07, 6.45) is 1.53. The SMILES string of the molecule is CN(C)C(=O)CCCOc1c(F)cccc1CCN. The van der Waals surface area contributed by atoms with Crippen LogP contribution in [0.4, 0.5) is 4.39 Å². The van der Waals surface area contributed by atoms with Crippen LogP contribution in [0.5, 0.6) is 5.75 Å². The normalized spacial score (nSPS) is 10.3. The van der Waals surface area contributed by atoms with Crippen molar-refractivity contribution in [3.63, 3.8) is 0 Å². The quantitative estimate of drug-likeness (QED) is 0.764. The molecule has 0 atom stereocenters. The minimum atomic E-state index is -0.384. The van der Waals surface area contributed by atoms with Crippen LogP contribution in [0.1, 0.15) is 18.4 Å². The van der Waals surface area contributed by atoms with E-state index in [-0.39, 0.29) is 17.5 Å². The molecule has 0 aliphatic heterocycles. The summed E-state index contributed by atoms with van der Waals surface area (Å²) >= 11 is 0. The summed E-state index contributed by atoms with van der Waals surface area (Å²) in [5, 5.41) is 0. The molecule has 2 N–H and O–H groups in total. The lowest BCUT2D eigenvalue weighted by Crippen LogP contribution is -2.21. The van der Waals surface area contributed by atoms with Crippen molar-refractivity contribution in [1.82, 2.24) is 4.90 Å². The second kappa shape index (κ2) is 7.74. The summed E-state index contributed by atoms with van der Waals surface area (Å²) in [6.45, 7) is 0.761. The molecule has 1 aromatic rings. The standard InChI is InChI=1S/C14H21FN2O2/c1-17(2)13(18)7-4-10-19-14-11(8-9-16)5-3-6-12(14)15/h3,5-6H,4,7-10,16H2,1-2H3. The van der Waals surface area contributed by atoms with E-state index in [2.05, 4.69) is 0 Å². The topological polar surface area (TPSA) is 55.6 Å². The molecule has 0 aliphatic carbocycles. The largest absolute Gasteiger partial charge is 0.490 e. The van der Waals surface area contributed by atoms with Crippen molar-refractivity contribution in [2.45, 2.75) is 19.3 Å². The van der Waals surface area contributed by atoms with Crippen molar-refractivity contribution in [3.05, 3.63) is 29.6 Å². The highest BCUT2D eigenvalue weighted by Gasteiger charge is 2.10. The molecule has 0 aliphatic rings. The maximum atomic E-state index is 13.6. The number of nitrogens with two attached hydrogens (primary N) is 1. The zero-order valence-corrected chi connectivity index (χ0v) is 11.5. The fourth-order valence-electron chi connectivity index (χ4n) is 1.69. The Bertz CT molecular complexity index is 422. The summed E-state index contributed by atoms with van der Waals surface area (Å²) in [5.41, 5.74) is 6.24. The Morgan fingerprint density at radius 3 is 2.79 bits per heavy atom. The van der Waals surface area contributed by atoms with E-state index in [0.29, 0.717) is 32.4 Å². The van der Waals surface area contributed by atoms with E-state index in [9.17, 15) is 9.18 Å². The molecule has 0 saturated carbocycles. The van der Waals surface area contributed by atoms with Crippen LogP contribution in [-0.2, 0) is 11.2 Å². The van der Waals surface area contributed by atoms with E-state index in [1.807, 2.05) is 0 Å². The van der Waals surface area contributed by atoms with E-state index in [1.54, 1.807) is 26.2 Å². The number of ether oxygens (including phenoxy) is 1. The lowest BCUT2D eigenvalue weighted by molar-refractivity contribution is -0.128. The number of rotatable bonds is 7. The fraction of sp³-hybridized carbons (Fsp3) is 0.500.